The molecule has 2 heterocycles. The van der Waals surface area contributed by atoms with Gasteiger partial charge < -0.3 is 11.1 Å². The van der Waals surface area contributed by atoms with E-state index < -0.39 is 17.5 Å². The number of nitrogen functional groups attached to an aromatic ring is 1. The number of nitrogens with two attached hydrogens (primary N) is 1. The fourth-order valence-electron chi connectivity index (χ4n) is 1.86. The number of halogens is 2. The Morgan fingerprint density at radius 1 is 1.24 bits per heavy atom. The van der Waals surface area contributed by atoms with Gasteiger partial charge in [-0.1, -0.05) is 0 Å². The standard InChI is InChI=1S/C13H8F2N4OS/c14-6-3-7(15)5-8(4-6)18-12(20)11-10(16)9-1-2-17-19-13(9)21-11/h1-5H,16H2,(H,18,20). The average molecular weight is 306 g/mol. The minimum absolute atomic E-state index is 0.0143. The molecule has 0 spiro atoms. The Morgan fingerprint density at radius 3 is 2.62 bits per heavy atom. The molecule has 0 saturated heterocycles. The van der Waals surface area contributed by atoms with Crippen LogP contribution in [0.15, 0.2) is 30.5 Å². The third-order valence-corrected chi connectivity index (χ3v) is 3.85. The van der Waals surface area contributed by atoms with Crippen LogP contribution in [0, 0.1) is 11.6 Å². The van der Waals surface area contributed by atoms with Crippen LogP contribution >= 0.6 is 11.3 Å². The van der Waals surface area contributed by atoms with Crippen molar-refractivity contribution in [2.24, 2.45) is 0 Å². The maximum absolute atomic E-state index is 13.1. The van der Waals surface area contributed by atoms with E-state index in [0.29, 0.717) is 10.2 Å². The van der Waals surface area contributed by atoms with E-state index in [1.807, 2.05) is 0 Å². The van der Waals surface area contributed by atoms with Crippen LogP contribution in [-0.2, 0) is 0 Å². The zero-order valence-corrected chi connectivity index (χ0v) is 11.2. The fourth-order valence-corrected chi connectivity index (χ4v) is 2.79. The Kier molecular flexibility index (Phi) is 3.22. The normalized spacial score (nSPS) is 10.8. The molecule has 8 heteroatoms. The van der Waals surface area contributed by atoms with Gasteiger partial charge in [-0.2, -0.15) is 5.10 Å². The lowest BCUT2D eigenvalue weighted by Crippen LogP contribution is -2.12. The Hall–Kier alpha value is -2.61. The molecule has 0 bridgehead atoms. The molecule has 1 amide bonds. The number of fused-ring (bicyclic) bond motifs is 1. The van der Waals surface area contributed by atoms with Crippen molar-refractivity contribution >= 4 is 38.8 Å². The number of nitrogens with zero attached hydrogens (tertiary/aromatic N) is 2. The number of rotatable bonds is 2. The molecule has 0 unspecified atom stereocenters. The molecule has 2 aromatic heterocycles. The predicted octanol–water partition coefficient (Wildman–Crippen LogP) is 2.80. The molecule has 1 aromatic carbocycles. The van der Waals surface area contributed by atoms with Gasteiger partial charge in [0.05, 0.1) is 11.9 Å². The molecule has 0 fully saturated rings. The SMILES string of the molecule is Nc1c(C(=O)Nc2cc(F)cc(F)c2)sc2nnccc12. The Bertz CT molecular complexity index is 829. The lowest BCUT2D eigenvalue weighted by molar-refractivity contribution is 0.103. The van der Waals surface area contributed by atoms with Gasteiger partial charge in [-0.3, -0.25) is 4.79 Å². The van der Waals surface area contributed by atoms with Crippen LogP contribution in [0.5, 0.6) is 0 Å². The highest BCUT2D eigenvalue weighted by Crippen LogP contribution is 2.32. The van der Waals surface area contributed by atoms with E-state index in [4.69, 9.17) is 5.73 Å². The Balaban J connectivity index is 1.95. The molecule has 21 heavy (non-hydrogen) atoms. The summed E-state index contributed by atoms with van der Waals surface area (Å²) in [6.07, 6.45) is 1.47. The molecule has 3 rings (SSSR count). The second kappa shape index (κ2) is 5.06. The lowest BCUT2D eigenvalue weighted by Gasteiger charge is -2.04. The number of benzene rings is 1. The number of anilines is 2. The Labute approximate surface area is 121 Å². The minimum Gasteiger partial charge on any atom is -0.397 e. The summed E-state index contributed by atoms with van der Waals surface area (Å²) in [4.78, 5) is 12.9. The highest BCUT2D eigenvalue weighted by Gasteiger charge is 2.17. The molecule has 0 atom stereocenters. The molecule has 0 aliphatic carbocycles. The predicted molar refractivity (Wildman–Crippen MR) is 76.1 cm³/mol. The number of amides is 1. The van der Waals surface area contributed by atoms with Gasteiger partial charge >= 0.3 is 0 Å². The summed E-state index contributed by atoms with van der Waals surface area (Å²) in [5.74, 6) is -2.11. The number of hydrogen-bond acceptors (Lipinski definition) is 5. The van der Waals surface area contributed by atoms with Gasteiger partial charge in [-0.15, -0.1) is 16.4 Å². The van der Waals surface area contributed by atoms with Gasteiger partial charge in [0.2, 0.25) is 0 Å². The number of hydrogen-bond donors (Lipinski definition) is 2. The van der Waals surface area contributed by atoms with E-state index >= 15 is 0 Å². The summed E-state index contributed by atoms with van der Waals surface area (Å²) in [6, 6.07) is 4.40. The van der Waals surface area contributed by atoms with Crippen LogP contribution < -0.4 is 11.1 Å². The zero-order valence-electron chi connectivity index (χ0n) is 10.4. The molecule has 0 saturated carbocycles. The molecule has 0 radical (unpaired) electrons. The van der Waals surface area contributed by atoms with Crippen molar-refractivity contribution in [1.82, 2.24) is 10.2 Å². The van der Waals surface area contributed by atoms with Crippen molar-refractivity contribution in [2.45, 2.75) is 0 Å². The van der Waals surface area contributed by atoms with Crippen molar-refractivity contribution in [1.29, 1.82) is 0 Å². The topological polar surface area (TPSA) is 80.9 Å². The summed E-state index contributed by atoms with van der Waals surface area (Å²) < 4.78 is 26.2. The molecule has 106 valence electrons. The van der Waals surface area contributed by atoms with Crippen LogP contribution in [0.4, 0.5) is 20.2 Å². The number of nitrogens with one attached hydrogen (secondary N) is 1. The quantitative estimate of drug-likeness (QED) is 0.763. The molecule has 5 nitrogen and oxygen atoms in total. The first kappa shape index (κ1) is 13.4. The van der Waals surface area contributed by atoms with Gasteiger partial charge in [0.15, 0.2) is 0 Å². The second-order valence-corrected chi connectivity index (χ2v) is 5.21. The monoisotopic (exact) mass is 306 g/mol. The fraction of sp³-hybridized carbons (Fsp3) is 0. The van der Waals surface area contributed by atoms with E-state index in [2.05, 4.69) is 15.5 Å². The third-order valence-electron chi connectivity index (χ3n) is 2.75. The van der Waals surface area contributed by atoms with Crippen molar-refractivity contribution in [3.05, 3.63) is 47.0 Å². The van der Waals surface area contributed by atoms with Crippen LogP contribution in [0.3, 0.4) is 0 Å². The van der Waals surface area contributed by atoms with Gasteiger partial charge in [-0.05, 0) is 18.2 Å². The molecular formula is C13H8F2N4OS. The Morgan fingerprint density at radius 2 is 1.95 bits per heavy atom. The summed E-state index contributed by atoms with van der Waals surface area (Å²) in [5, 5.41) is 10.6. The molecule has 3 N–H and O–H groups in total. The minimum atomic E-state index is -0.777. The number of carbonyl (C=O) groups excluding carboxylic acids is 1. The number of carbonyl (C=O) groups is 1. The zero-order chi connectivity index (χ0) is 15.0. The largest absolute Gasteiger partial charge is 0.397 e. The summed E-state index contributed by atoms with van der Waals surface area (Å²) in [6.45, 7) is 0. The summed E-state index contributed by atoms with van der Waals surface area (Å²) >= 11 is 1.06. The molecular weight excluding hydrogens is 298 g/mol. The van der Waals surface area contributed by atoms with E-state index in [1.165, 1.54) is 6.20 Å². The van der Waals surface area contributed by atoms with Gasteiger partial charge in [0.25, 0.3) is 5.91 Å². The van der Waals surface area contributed by atoms with E-state index in [-0.39, 0.29) is 16.3 Å². The summed E-state index contributed by atoms with van der Waals surface area (Å²) in [5.41, 5.74) is 6.16. The van der Waals surface area contributed by atoms with Crippen LogP contribution in [0.25, 0.3) is 10.2 Å². The third kappa shape index (κ3) is 2.52. The van der Waals surface area contributed by atoms with Crippen molar-refractivity contribution in [3.8, 4) is 0 Å². The first-order valence-electron chi connectivity index (χ1n) is 5.81. The van der Waals surface area contributed by atoms with Crippen LogP contribution in [0.1, 0.15) is 9.67 Å². The van der Waals surface area contributed by atoms with Crippen LogP contribution in [0.2, 0.25) is 0 Å². The van der Waals surface area contributed by atoms with Gasteiger partial charge in [-0.25, -0.2) is 8.78 Å². The van der Waals surface area contributed by atoms with E-state index in [0.717, 1.165) is 29.5 Å². The van der Waals surface area contributed by atoms with Crippen LogP contribution in [-0.4, -0.2) is 16.1 Å². The highest BCUT2D eigenvalue weighted by molar-refractivity contribution is 7.21. The second-order valence-electron chi connectivity index (χ2n) is 4.21. The van der Waals surface area contributed by atoms with E-state index in [1.54, 1.807) is 6.07 Å². The smallest absolute Gasteiger partial charge is 0.267 e. The van der Waals surface area contributed by atoms with Gasteiger partial charge in [0, 0.05) is 17.1 Å². The molecule has 0 aliphatic rings. The first-order chi connectivity index (χ1) is 10.0. The maximum atomic E-state index is 13.1. The molecule has 0 aliphatic heterocycles. The molecule has 3 aromatic rings. The van der Waals surface area contributed by atoms with Crippen molar-refractivity contribution < 1.29 is 13.6 Å². The summed E-state index contributed by atoms with van der Waals surface area (Å²) in [7, 11) is 0. The van der Waals surface area contributed by atoms with E-state index in [9.17, 15) is 13.6 Å². The van der Waals surface area contributed by atoms with Crippen molar-refractivity contribution in [3.63, 3.8) is 0 Å². The maximum Gasteiger partial charge on any atom is 0.267 e. The number of thiophene rings is 1. The lowest BCUT2D eigenvalue weighted by atomic mass is 10.2. The average Bonchev–Trinajstić information content (AvgIpc) is 2.76. The number of aromatic nitrogens is 2. The van der Waals surface area contributed by atoms with Gasteiger partial charge in [0.1, 0.15) is 21.3 Å². The van der Waals surface area contributed by atoms with Crippen molar-refractivity contribution in [2.75, 3.05) is 11.1 Å². The first-order valence-corrected chi connectivity index (χ1v) is 6.63. The highest BCUT2D eigenvalue weighted by atomic mass is 32.1.